The minimum atomic E-state index is -0.390. The highest BCUT2D eigenvalue weighted by Gasteiger charge is 2.34. The molecular weight excluding hydrogens is 512 g/mol. The summed E-state index contributed by atoms with van der Waals surface area (Å²) < 4.78 is 12.3. The zero-order valence-electron chi connectivity index (χ0n) is 17.9. The predicted molar refractivity (Wildman–Crippen MR) is 135 cm³/mol. The Morgan fingerprint density at radius 1 is 1.31 bits per heavy atom. The first-order chi connectivity index (χ1) is 15.3. The molecule has 1 aliphatic rings. The van der Waals surface area contributed by atoms with Crippen molar-refractivity contribution in [1.29, 1.82) is 0 Å². The van der Waals surface area contributed by atoms with Crippen LogP contribution in [0.1, 0.15) is 41.3 Å². The Morgan fingerprint density at radius 3 is 2.75 bits per heavy atom. The Bertz CT molecular complexity index is 1090. The number of rotatable bonds is 8. The monoisotopic (exact) mass is 534 g/mol. The molecule has 1 aliphatic heterocycles. The normalized spacial score (nSPS) is 14.8. The van der Waals surface area contributed by atoms with Crippen LogP contribution in [0, 0.1) is 6.92 Å². The number of unbranched alkanes of at least 4 members (excludes halogenated alkanes) is 1. The van der Waals surface area contributed by atoms with Gasteiger partial charge in [-0.3, -0.25) is 15.0 Å². The summed E-state index contributed by atoms with van der Waals surface area (Å²) in [5, 5.41) is 1.11. The lowest BCUT2D eigenvalue weighted by Gasteiger charge is -2.16. The molecule has 3 rings (SSSR count). The number of nitrogens with one attached hydrogen (secondary N) is 1. The summed E-state index contributed by atoms with van der Waals surface area (Å²) in [5.41, 5.74) is 4.64. The van der Waals surface area contributed by atoms with Crippen molar-refractivity contribution < 1.29 is 19.1 Å². The maximum atomic E-state index is 12.9. The third-order valence-corrected chi connectivity index (χ3v) is 6.58. The van der Waals surface area contributed by atoms with Crippen molar-refractivity contribution in [2.24, 2.45) is 0 Å². The Kier molecular flexibility index (Phi) is 8.33. The van der Waals surface area contributed by atoms with Crippen LogP contribution in [0.15, 0.2) is 45.8 Å². The third kappa shape index (κ3) is 5.51. The zero-order valence-corrected chi connectivity index (χ0v) is 21.2. The van der Waals surface area contributed by atoms with Crippen LogP contribution in [0.25, 0.3) is 6.08 Å². The molecule has 0 bridgehead atoms. The van der Waals surface area contributed by atoms with Crippen molar-refractivity contribution in [1.82, 2.24) is 10.4 Å². The van der Waals surface area contributed by atoms with Gasteiger partial charge < -0.3 is 9.47 Å². The Balaban J connectivity index is 1.80. The maximum absolute atomic E-state index is 12.9. The van der Waals surface area contributed by atoms with E-state index in [4.69, 9.17) is 21.7 Å². The molecule has 2 amide bonds. The molecule has 0 radical (unpaired) electrons. The first-order valence-corrected chi connectivity index (χ1v) is 12.0. The van der Waals surface area contributed by atoms with E-state index in [0.717, 1.165) is 45.2 Å². The van der Waals surface area contributed by atoms with E-state index in [1.807, 2.05) is 25.1 Å². The number of halogens is 1. The molecule has 1 saturated heterocycles. The summed E-state index contributed by atoms with van der Waals surface area (Å²) in [5.74, 6) is 0.403. The summed E-state index contributed by atoms with van der Waals surface area (Å²) >= 11 is 9.98. The zero-order chi connectivity index (χ0) is 23.3. The number of benzene rings is 2. The second kappa shape index (κ2) is 11.0. The Labute approximate surface area is 205 Å². The van der Waals surface area contributed by atoms with Crippen LogP contribution in [-0.2, 0) is 4.79 Å². The van der Waals surface area contributed by atoms with E-state index in [0.29, 0.717) is 28.6 Å². The number of thiocarbonyl (C=S) groups is 1. The molecule has 0 saturated carbocycles. The Hall–Kier alpha value is -2.36. The van der Waals surface area contributed by atoms with Gasteiger partial charge in [-0.25, -0.2) is 0 Å². The quantitative estimate of drug-likeness (QED) is 0.274. The maximum Gasteiger partial charge on any atom is 0.285 e. The van der Waals surface area contributed by atoms with Crippen molar-refractivity contribution in [2.75, 3.05) is 13.7 Å². The highest BCUT2D eigenvalue weighted by molar-refractivity contribution is 9.10. The van der Waals surface area contributed by atoms with E-state index in [-0.39, 0.29) is 10.2 Å². The van der Waals surface area contributed by atoms with Gasteiger partial charge in [0, 0.05) is 5.56 Å². The lowest BCUT2D eigenvalue weighted by atomic mass is 10.1. The second-order valence-corrected chi connectivity index (χ2v) is 9.54. The average molecular weight is 535 g/mol. The average Bonchev–Trinajstić information content (AvgIpc) is 3.02. The van der Waals surface area contributed by atoms with Crippen LogP contribution in [0.2, 0.25) is 0 Å². The number of ether oxygens (including phenoxy) is 2. The molecule has 1 fully saturated rings. The van der Waals surface area contributed by atoms with Crippen LogP contribution in [0.5, 0.6) is 11.5 Å². The SMILES string of the molecule is CCCCOc1c(Br)cc(/C=C2\SC(=S)N(NC(=O)c3ccccc3C)C2=O)cc1OC. The third-order valence-electron chi connectivity index (χ3n) is 4.69. The molecule has 168 valence electrons. The number of aryl methyl sites for hydroxylation is 1. The first-order valence-electron chi connectivity index (χ1n) is 10.0. The molecule has 0 atom stereocenters. The van der Waals surface area contributed by atoms with E-state index in [1.54, 1.807) is 31.4 Å². The van der Waals surface area contributed by atoms with Gasteiger partial charge in [0.2, 0.25) is 0 Å². The summed E-state index contributed by atoms with van der Waals surface area (Å²) in [6.45, 7) is 4.52. The lowest BCUT2D eigenvalue weighted by Crippen LogP contribution is -2.45. The molecule has 9 heteroatoms. The summed E-state index contributed by atoms with van der Waals surface area (Å²) in [4.78, 5) is 25.9. The fourth-order valence-corrected chi connectivity index (χ4v) is 4.74. The largest absolute Gasteiger partial charge is 0.493 e. The molecule has 0 unspecified atom stereocenters. The number of carbonyl (C=O) groups excluding carboxylic acids is 2. The van der Waals surface area contributed by atoms with Crippen molar-refractivity contribution in [3.05, 3.63) is 62.5 Å². The van der Waals surface area contributed by atoms with Gasteiger partial charge in [-0.15, -0.1) is 0 Å². The molecule has 0 aliphatic carbocycles. The van der Waals surface area contributed by atoms with Crippen LogP contribution in [0.3, 0.4) is 0 Å². The minimum absolute atomic E-state index is 0.258. The van der Waals surface area contributed by atoms with Gasteiger partial charge in [-0.1, -0.05) is 43.3 Å². The van der Waals surface area contributed by atoms with Gasteiger partial charge in [0.25, 0.3) is 11.8 Å². The number of carbonyl (C=O) groups is 2. The van der Waals surface area contributed by atoms with Gasteiger partial charge in [0.1, 0.15) is 0 Å². The first kappa shape index (κ1) is 24.3. The number of amides is 2. The van der Waals surface area contributed by atoms with Gasteiger partial charge in [-0.2, -0.15) is 5.01 Å². The van der Waals surface area contributed by atoms with E-state index in [2.05, 4.69) is 28.3 Å². The summed E-state index contributed by atoms with van der Waals surface area (Å²) in [6.07, 6.45) is 3.68. The Morgan fingerprint density at radius 2 is 2.06 bits per heavy atom. The molecule has 2 aromatic rings. The number of methoxy groups -OCH3 is 1. The predicted octanol–water partition coefficient (Wildman–Crippen LogP) is 5.49. The number of thioether (sulfide) groups is 1. The molecule has 6 nitrogen and oxygen atoms in total. The van der Waals surface area contributed by atoms with Crippen LogP contribution < -0.4 is 14.9 Å². The van der Waals surface area contributed by atoms with E-state index in [9.17, 15) is 9.59 Å². The number of nitrogens with zero attached hydrogens (tertiary/aromatic N) is 1. The molecule has 0 aromatic heterocycles. The standard InChI is InChI=1S/C23H23BrN2O4S2/c1-4-5-10-30-20-17(24)11-15(12-18(20)29-3)13-19-22(28)26(23(31)32-19)25-21(27)16-9-7-6-8-14(16)2/h6-9,11-13H,4-5,10H2,1-3H3,(H,25,27)/b19-13-. The van der Waals surface area contributed by atoms with Gasteiger partial charge in [-0.05, 0) is 76.9 Å². The van der Waals surface area contributed by atoms with Gasteiger partial charge in [0.05, 0.1) is 23.1 Å². The fourth-order valence-electron chi connectivity index (χ4n) is 2.99. The number of hydrogen-bond donors (Lipinski definition) is 1. The molecule has 1 N–H and O–H groups in total. The van der Waals surface area contributed by atoms with Crippen LogP contribution in [0.4, 0.5) is 0 Å². The van der Waals surface area contributed by atoms with Crippen molar-refractivity contribution in [3.8, 4) is 11.5 Å². The van der Waals surface area contributed by atoms with Gasteiger partial charge >= 0.3 is 0 Å². The van der Waals surface area contributed by atoms with Crippen LogP contribution >= 0.6 is 39.9 Å². The summed E-state index contributed by atoms with van der Waals surface area (Å²) in [6, 6.07) is 10.8. The highest BCUT2D eigenvalue weighted by Crippen LogP contribution is 2.39. The minimum Gasteiger partial charge on any atom is -0.493 e. The number of hydrazine groups is 1. The molecule has 0 spiro atoms. The fraction of sp³-hybridized carbons (Fsp3) is 0.261. The van der Waals surface area contributed by atoms with Gasteiger partial charge in [0.15, 0.2) is 15.8 Å². The van der Waals surface area contributed by atoms with E-state index >= 15 is 0 Å². The lowest BCUT2D eigenvalue weighted by molar-refractivity contribution is -0.123. The molecule has 1 heterocycles. The smallest absolute Gasteiger partial charge is 0.285 e. The van der Waals surface area contributed by atoms with Crippen molar-refractivity contribution in [2.45, 2.75) is 26.7 Å². The molecule has 2 aromatic carbocycles. The molecule has 32 heavy (non-hydrogen) atoms. The number of hydrogen-bond acceptors (Lipinski definition) is 6. The second-order valence-electron chi connectivity index (χ2n) is 7.01. The topological polar surface area (TPSA) is 67.9 Å². The summed E-state index contributed by atoms with van der Waals surface area (Å²) in [7, 11) is 1.57. The van der Waals surface area contributed by atoms with E-state index < -0.39 is 5.91 Å². The molecular formula is C23H23BrN2O4S2. The van der Waals surface area contributed by atoms with Crippen molar-refractivity contribution in [3.63, 3.8) is 0 Å². The van der Waals surface area contributed by atoms with Crippen LogP contribution in [-0.4, -0.2) is 34.9 Å². The van der Waals surface area contributed by atoms with Crippen molar-refractivity contribution >= 4 is 62.1 Å². The highest BCUT2D eigenvalue weighted by atomic mass is 79.9. The van der Waals surface area contributed by atoms with E-state index in [1.165, 1.54) is 0 Å².